The molecule has 72 valence electrons. The third-order valence-electron chi connectivity index (χ3n) is 1.65. The van der Waals surface area contributed by atoms with Crippen LogP contribution in [0, 0.1) is 0 Å². The summed E-state index contributed by atoms with van der Waals surface area (Å²) in [5.41, 5.74) is 5.28. The summed E-state index contributed by atoms with van der Waals surface area (Å²) in [6.45, 7) is 4.84. The van der Waals surface area contributed by atoms with Crippen LogP contribution in [0.4, 0.5) is 4.79 Å². The topological polar surface area (TPSA) is 55.6 Å². The summed E-state index contributed by atoms with van der Waals surface area (Å²) < 4.78 is 5.05. The van der Waals surface area contributed by atoms with Crippen LogP contribution in [0.2, 0.25) is 0 Å². The van der Waals surface area contributed by atoms with Crippen LogP contribution in [0.1, 0.15) is 20.3 Å². The van der Waals surface area contributed by atoms with Gasteiger partial charge in [-0.25, -0.2) is 4.79 Å². The van der Waals surface area contributed by atoms with E-state index in [4.69, 9.17) is 10.5 Å². The van der Waals surface area contributed by atoms with Gasteiger partial charge in [0, 0.05) is 20.1 Å². The Labute approximate surface area is 73.7 Å². The highest BCUT2D eigenvalue weighted by Gasteiger charge is 2.11. The molecule has 0 saturated carbocycles. The minimum atomic E-state index is -0.296. The second kappa shape index (κ2) is 5.83. The van der Waals surface area contributed by atoms with E-state index in [-0.39, 0.29) is 12.2 Å². The molecule has 12 heavy (non-hydrogen) atoms. The number of amides is 1. The number of hydrogen-bond donors (Lipinski definition) is 1. The number of carbonyl (C=O) groups excluding carboxylic acids is 1. The quantitative estimate of drug-likeness (QED) is 0.686. The van der Waals surface area contributed by atoms with Crippen LogP contribution in [0.3, 0.4) is 0 Å². The molecule has 0 aliphatic heterocycles. The Balaban J connectivity index is 3.70. The summed E-state index contributed by atoms with van der Waals surface area (Å²) >= 11 is 0. The first kappa shape index (κ1) is 11.2. The zero-order valence-corrected chi connectivity index (χ0v) is 8.04. The maximum Gasteiger partial charge on any atom is 0.409 e. The van der Waals surface area contributed by atoms with E-state index in [2.05, 4.69) is 0 Å². The van der Waals surface area contributed by atoms with E-state index >= 15 is 0 Å². The lowest BCUT2D eigenvalue weighted by atomic mass is 10.3. The monoisotopic (exact) mass is 174 g/mol. The first-order valence-corrected chi connectivity index (χ1v) is 4.23. The van der Waals surface area contributed by atoms with Crippen molar-refractivity contribution in [3.8, 4) is 0 Å². The Morgan fingerprint density at radius 3 is 2.67 bits per heavy atom. The number of hydrogen-bond acceptors (Lipinski definition) is 3. The van der Waals surface area contributed by atoms with Crippen molar-refractivity contribution in [2.45, 2.75) is 26.4 Å². The van der Waals surface area contributed by atoms with Crippen LogP contribution in [-0.4, -0.2) is 37.2 Å². The van der Waals surface area contributed by atoms with Crippen molar-refractivity contribution < 1.29 is 9.53 Å². The van der Waals surface area contributed by atoms with Gasteiger partial charge in [0.05, 0.1) is 0 Å². The molecule has 0 aliphatic rings. The predicted molar refractivity (Wildman–Crippen MR) is 47.9 cm³/mol. The van der Waals surface area contributed by atoms with Crippen molar-refractivity contribution in [3.05, 3.63) is 0 Å². The smallest absolute Gasteiger partial charge is 0.409 e. The van der Waals surface area contributed by atoms with Gasteiger partial charge in [0.1, 0.15) is 6.10 Å². The largest absolute Gasteiger partial charge is 0.446 e. The summed E-state index contributed by atoms with van der Waals surface area (Å²) in [5, 5.41) is 0. The first-order chi connectivity index (χ1) is 5.61. The fraction of sp³-hybridized carbons (Fsp3) is 0.875. The van der Waals surface area contributed by atoms with E-state index in [1.807, 2.05) is 13.8 Å². The molecule has 0 saturated heterocycles. The highest BCUT2D eigenvalue weighted by atomic mass is 16.6. The van der Waals surface area contributed by atoms with Gasteiger partial charge in [0.15, 0.2) is 0 Å². The van der Waals surface area contributed by atoms with E-state index in [0.717, 1.165) is 6.42 Å². The van der Waals surface area contributed by atoms with Crippen molar-refractivity contribution in [1.29, 1.82) is 0 Å². The standard InChI is InChI=1S/C8H18N2O2/c1-4-7(2)12-8(11)10(3)6-5-9/h7H,4-6,9H2,1-3H3. The Hall–Kier alpha value is -0.770. The number of nitrogens with two attached hydrogens (primary N) is 1. The average Bonchev–Trinajstić information content (AvgIpc) is 2.04. The van der Waals surface area contributed by atoms with Gasteiger partial charge < -0.3 is 15.4 Å². The van der Waals surface area contributed by atoms with Crippen LogP contribution < -0.4 is 5.73 Å². The molecule has 0 aromatic rings. The van der Waals surface area contributed by atoms with E-state index in [0.29, 0.717) is 13.1 Å². The van der Waals surface area contributed by atoms with Gasteiger partial charge in [0.25, 0.3) is 0 Å². The van der Waals surface area contributed by atoms with E-state index in [1.54, 1.807) is 7.05 Å². The predicted octanol–water partition coefficient (Wildman–Crippen LogP) is 0.812. The van der Waals surface area contributed by atoms with E-state index < -0.39 is 0 Å². The van der Waals surface area contributed by atoms with Crippen molar-refractivity contribution in [2.24, 2.45) is 5.73 Å². The summed E-state index contributed by atoms with van der Waals surface area (Å²) in [5.74, 6) is 0. The molecule has 0 radical (unpaired) electrons. The molecule has 1 unspecified atom stereocenters. The maximum atomic E-state index is 11.2. The third kappa shape index (κ3) is 4.18. The maximum absolute atomic E-state index is 11.2. The minimum absolute atomic E-state index is 0.0160. The number of likely N-dealkylation sites (N-methyl/N-ethyl adjacent to an activating group) is 1. The normalized spacial score (nSPS) is 12.3. The van der Waals surface area contributed by atoms with Gasteiger partial charge in [-0.1, -0.05) is 6.92 Å². The number of rotatable bonds is 4. The van der Waals surface area contributed by atoms with Gasteiger partial charge in [-0.05, 0) is 13.3 Å². The van der Waals surface area contributed by atoms with Crippen LogP contribution in [0.15, 0.2) is 0 Å². The van der Waals surface area contributed by atoms with Gasteiger partial charge in [-0.2, -0.15) is 0 Å². The van der Waals surface area contributed by atoms with Crippen molar-refractivity contribution in [1.82, 2.24) is 4.90 Å². The molecule has 0 rings (SSSR count). The summed E-state index contributed by atoms with van der Waals surface area (Å²) in [4.78, 5) is 12.6. The molecular weight excluding hydrogens is 156 g/mol. The lowest BCUT2D eigenvalue weighted by Gasteiger charge is -2.18. The summed E-state index contributed by atoms with van der Waals surface area (Å²) in [6, 6.07) is 0. The Kier molecular flexibility index (Phi) is 5.45. The van der Waals surface area contributed by atoms with Gasteiger partial charge >= 0.3 is 6.09 Å². The van der Waals surface area contributed by atoms with Gasteiger partial charge in [0.2, 0.25) is 0 Å². The van der Waals surface area contributed by atoms with Crippen LogP contribution >= 0.6 is 0 Å². The highest BCUT2D eigenvalue weighted by Crippen LogP contribution is 1.99. The zero-order chi connectivity index (χ0) is 9.56. The first-order valence-electron chi connectivity index (χ1n) is 4.23. The van der Waals surface area contributed by atoms with Crippen LogP contribution in [-0.2, 0) is 4.74 Å². The molecule has 2 N–H and O–H groups in total. The molecule has 0 fully saturated rings. The van der Waals surface area contributed by atoms with Gasteiger partial charge in [-0.15, -0.1) is 0 Å². The molecule has 0 aromatic carbocycles. The molecule has 1 atom stereocenters. The lowest BCUT2D eigenvalue weighted by molar-refractivity contribution is 0.0759. The molecule has 0 heterocycles. The molecule has 4 nitrogen and oxygen atoms in total. The number of nitrogens with zero attached hydrogens (tertiary/aromatic N) is 1. The second-order valence-electron chi connectivity index (χ2n) is 2.81. The lowest BCUT2D eigenvalue weighted by Crippen LogP contribution is -2.33. The Bertz CT molecular complexity index is 139. The minimum Gasteiger partial charge on any atom is -0.446 e. The second-order valence-corrected chi connectivity index (χ2v) is 2.81. The average molecular weight is 174 g/mol. The molecule has 4 heteroatoms. The Morgan fingerprint density at radius 1 is 1.67 bits per heavy atom. The fourth-order valence-electron chi connectivity index (χ4n) is 0.630. The molecular formula is C8H18N2O2. The zero-order valence-electron chi connectivity index (χ0n) is 8.04. The fourth-order valence-corrected chi connectivity index (χ4v) is 0.630. The molecule has 0 aliphatic carbocycles. The van der Waals surface area contributed by atoms with Crippen molar-refractivity contribution >= 4 is 6.09 Å². The third-order valence-corrected chi connectivity index (χ3v) is 1.65. The molecule has 0 aromatic heterocycles. The van der Waals surface area contributed by atoms with Crippen LogP contribution in [0.5, 0.6) is 0 Å². The van der Waals surface area contributed by atoms with Crippen molar-refractivity contribution in [2.75, 3.05) is 20.1 Å². The van der Waals surface area contributed by atoms with Crippen molar-refractivity contribution in [3.63, 3.8) is 0 Å². The number of carbonyl (C=O) groups is 1. The highest BCUT2D eigenvalue weighted by molar-refractivity contribution is 5.67. The SMILES string of the molecule is CCC(C)OC(=O)N(C)CCN. The molecule has 1 amide bonds. The summed E-state index contributed by atoms with van der Waals surface area (Å²) in [6.07, 6.45) is 0.523. The Morgan fingerprint density at radius 2 is 2.25 bits per heavy atom. The van der Waals surface area contributed by atoms with E-state index in [1.165, 1.54) is 4.90 Å². The van der Waals surface area contributed by atoms with E-state index in [9.17, 15) is 4.79 Å². The molecule has 0 spiro atoms. The molecule has 0 bridgehead atoms. The van der Waals surface area contributed by atoms with Gasteiger partial charge in [-0.3, -0.25) is 0 Å². The van der Waals surface area contributed by atoms with Crippen LogP contribution in [0.25, 0.3) is 0 Å². The number of ether oxygens (including phenoxy) is 1. The summed E-state index contributed by atoms with van der Waals surface area (Å²) in [7, 11) is 1.68.